The lowest BCUT2D eigenvalue weighted by Gasteiger charge is -2.21. The van der Waals surface area contributed by atoms with Crippen molar-refractivity contribution < 1.29 is 0 Å². The minimum atomic E-state index is 0.216. The minimum Gasteiger partial charge on any atom is -0.263 e. The molecule has 9 rings (SSSR count). The van der Waals surface area contributed by atoms with Crippen LogP contribution >= 0.6 is 11.8 Å². The maximum Gasteiger partial charge on any atom is 0.0931 e. The molecule has 3 heterocycles. The average molecular weight is 594 g/mol. The molecule has 3 nitrogen and oxygen atoms in total. The first-order chi connectivity index (χ1) is 22.3. The normalized spacial score (nSPS) is 15.0. The predicted molar refractivity (Wildman–Crippen MR) is 186 cm³/mol. The fraction of sp³-hybridized carbons (Fsp3) is 0.0488. The highest BCUT2D eigenvalue weighted by atomic mass is 32.2. The van der Waals surface area contributed by atoms with Crippen LogP contribution in [0, 0.1) is 0 Å². The van der Waals surface area contributed by atoms with Crippen molar-refractivity contribution >= 4 is 33.6 Å². The number of hydrogen-bond acceptors (Lipinski definition) is 4. The van der Waals surface area contributed by atoms with Crippen molar-refractivity contribution in [2.75, 3.05) is 0 Å². The molecule has 5 aromatic carbocycles. The van der Waals surface area contributed by atoms with E-state index in [1.54, 1.807) is 0 Å². The fourth-order valence-corrected chi connectivity index (χ4v) is 7.76. The smallest absolute Gasteiger partial charge is 0.0931 e. The Hall–Kier alpha value is -5.32. The van der Waals surface area contributed by atoms with Crippen molar-refractivity contribution in [2.45, 2.75) is 22.1 Å². The van der Waals surface area contributed by atoms with E-state index in [-0.39, 0.29) is 5.92 Å². The molecule has 7 aromatic rings. The summed E-state index contributed by atoms with van der Waals surface area (Å²) in [7, 11) is 0. The second-order valence-corrected chi connectivity index (χ2v) is 12.7. The fourth-order valence-electron chi connectivity index (χ4n) is 6.63. The van der Waals surface area contributed by atoms with Crippen LogP contribution in [0.25, 0.3) is 66.4 Å². The van der Waals surface area contributed by atoms with Gasteiger partial charge in [0.1, 0.15) is 0 Å². The zero-order valence-electron chi connectivity index (χ0n) is 24.4. The zero-order valence-corrected chi connectivity index (χ0v) is 25.2. The lowest BCUT2D eigenvalue weighted by Crippen LogP contribution is -2.05. The minimum absolute atomic E-state index is 0.216. The quantitative estimate of drug-likeness (QED) is 0.203. The summed E-state index contributed by atoms with van der Waals surface area (Å²) >= 11 is 1.84. The first-order valence-electron chi connectivity index (χ1n) is 15.3. The van der Waals surface area contributed by atoms with E-state index in [4.69, 9.17) is 9.97 Å². The maximum absolute atomic E-state index is 5.10. The lowest BCUT2D eigenvalue weighted by atomic mass is 9.92. The van der Waals surface area contributed by atoms with Gasteiger partial charge in [-0.2, -0.15) is 0 Å². The summed E-state index contributed by atoms with van der Waals surface area (Å²) in [6.45, 7) is 0. The van der Waals surface area contributed by atoms with E-state index in [2.05, 4.69) is 114 Å². The summed E-state index contributed by atoms with van der Waals surface area (Å²) in [5.41, 5.74) is 12.2. The Balaban J connectivity index is 1.06. The van der Waals surface area contributed by atoms with Crippen LogP contribution in [0.2, 0.25) is 0 Å². The molecule has 45 heavy (non-hydrogen) atoms. The van der Waals surface area contributed by atoms with Crippen molar-refractivity contribution in [3.63, 3.8) is 0 Å². The van der Waals surface area contributed by atoms with E-state index < -0.39 is 0 Å². The zero-order chi connectivity index (χ0) is 29.7. The third-order valence-electron chi connectivity index (χ3n) is 8.90. The molecule has 212 valence electrons. The summed E-state index contributed by atoms with van der Waals surface area (Å²) in [5, 5.41) is 2.49. The number of para-hydroxylation sites is 2. The van der Waals surface area contributed by atoms with Gasteiger partial charge in [0, 0.05) is 50.0 Å². The number of fused-ring (bicyclic) bond motifs is 3. The van der Waals surface area contributed by atoms with Crippen LogP contribution in [0.5, 0.6) is 0 Å². The molecule has 1 atom stereocenters. The van der Waals surface area contributed by atoms with E-state index in [0.29, 0.717) is 0 Å². The van der Waals surface area contributed by atoms with Crippen LogP contribution in [0.4, 0.5) is 0 Å². The van der Waals surface area contributed by atoms with Gasteiger partial charge in [0.05, 0.1) is 22.4 Å². The van der Waals surface area contributed by atoms with Crippen molar-refractivity contribution in [3.8, 4) is 44.6 Å². The van der Waals surface area contributed by atoms with Crippen LogP contribution in [-0.2, 0) is 0 Å². The molecular formula is C41H27N3S. The SMILES string of the molecule is C1=CCC(c2nc3ccccc3nc2-c2ccc(-c3ccc(-c4ccc5c6c(cncc46)-c4ccccc4S5)cc3)cc2)C=C1. The van der Waals surface area contributed by atoms with Crippen LogP contribution < -0.4 is 0 Å². The van der Waals surface area contributed by atoms with E-state index in [9.17, 15) is 0 Å². The highest BCUT2D eigenvalue weighted by molar-refractivity contribution is 7.99. The van der Waals surface area contributed by atoms with Crippen LogP contribution in [-0.4, -0.2) is 15.0 Å². The maximum atomic E-state index is 5.10. The number of benzene rings is 5. The van der Waals surface area contributed by atoms with Gasteiger partial charge >= 0.3 is 0 Å². The Morgan fingerprint density at radius 3 is 2.04 bits per heavy atom. The molecule has 1 aliphatic carbocycles. The van der Waals surface area contributed by atoms with Gasteiger partial charge in [-0.05, 0) is 58.5 Å². The van der Waals surface area contributed by atoms with Crippen molar-refractivity contribution in [2.24, 2.45) is 0 Å². The number of pyridine rings is 1. The second-order valence-electron chi connectivity index (χ2n) is 11.6. The van der Waals surface area contributed by atoms with Gasteiger partial charge in [0.15, 0.2) is 0 Å². The Morgan fingerprint density at radius 1 is 0.556 bits per heavy atom. The summed E-state index contributed by atoms with van der Waals surface area (Å²) in [5.74, 6) is 0.216. The Kier molecular flexibility index (Phi) is 6.20. The third kappa shape index (κ3) is 4.49. The van der Waals surface area contributed by atoms with Crippen molar-refractivity contribution in [1.82, 2.24) is 15.0 Å². The number of allylic oxidation sites excluding steroid dienone is 4. The van der Waals surface area contributed by atoms with Gasteiger partial charge in [0.25, 0.3) is 0 Å². The Morgan fingerprint density at radius 2 is 1.27 bits per heavy atom. The number of aromatic nitrogens is 3. The van der Waals surface area contributed by atoms with Gasteiger partial charge in [-0.15, -0.1) is 0 Å². The highest BCUT2D eigenvalue weighted by Gasteiger charge is 2.21. The highest BCUT2D eigenvalue weighted by Crippen LogP contribution is 2.49. The van der Waals surface area contributed by atoms with Crippen LogP contribution in [0.3, 0.4) is 0 Å². The van der Waals surface area contributed by atoms with Crippen LogP contribution in [0.15, 0.2) is 156 Å². The molecule has 2 aromatic heterocycles. The average Bonchev–Trinajstić information content (AvgIpc) is 3.12. The number of nitrogens with zero attached hydrogens (tertiary/aromatic N) is 3. The van der Waals surface area contributed by atoms with Gasteiger partial charge in [-0.1, -0.05) is 121 Å². The summed E-state index contributed by atoms with van der Waals surface area (Å²) in [4.78, 5) is 17.4. The van der Waals surface area contributed by atoms with Gasteiger partial charge in [-0.25, -0.2) is 9.97 Å². The molecule has 1 unspecified atom stereocenters. The first kappa shape index (κ1) is 26.1. The molecule has 0 saturated heterocycles. The van der Waals surface area contributed by atoms with Gasteiger partial charge in [0.2, 0.25) is 0 Å². The Bertz CT molecular complexity index is 2320. The molecule has 0 saturated carbocycles. The molecule has 0 spiro atoms. The number of hydrogen-bond donors (Lipinski definition) is 0. The number of rotatable bonds is 4. The van der Waals surface area contributed by atoms with E-state index in [1.165, 1.54) is 53.9 Å². The van der Waals surface area contributed by atoms with Crippen molar-refractivity contribution in [3.05, 3.63) is 152 Å². The van der Waals surface area contributed by atoms with E-state index >= 15 is 0 Å². The third-order valence-corrected chi connectivity index (χ3v) is 10.0. The molecule has 0 bridgehead atoms. The predicted octanol–water partition coefficient (Wildman–Crippen LogP) is 10.9. The summed E-state index contributed by atoms with van der Waals surface area (Å²) < 4.78 is 0. The van der Waals surface area contributed by atoms with Crippen LogP contribution in [0.1, 0.15) is 18.0 Å². The van der Waals surface area contributed by atoms with E-state index in [1.807, 2.05) is 48.4 Å². The first-order valence-corrected chi connectivity index (χ1v) is 16.1. The lowest BCUT2D eigenvalue weighted by molar-refractivity contribution is 0.818. The van der Waals surface area contributed by atoms with Gasteiger partial charge in [-0.3, -0.25) is 4.98 Å². The topological polar surface area (TPSA) is 38.7 Å². The molecule has 0 fully saturated rings. The largest absolute Gasteiger partial charge is 0.263 e. The standard InChI is InChI=1S/C41H27N3S/c1-2-8-29(9-3-1)40-41(44-36-12-6-5-11-35(36)43-40)30-20-16-27(17-21-30)26-14-18-28(19-15-26)31-22-23-38-39-33(31)24-42-25-34(39)32-10-4-7-13-37(32)45-38/h1-8,10-25,29H,9H2. The molecule has 1 aliphatic heterocycles. The molecule has 0 N–H and O–H groups in total. The molecule has 2 aliphatic rings. The second kappa shape index (κ2) is 10.7. The van der Waals surface area contributed by atoms with E-state index in [0.717, 1.165) is 34.4 Å². The molecule has 0 radical (unpaired) electrons. The summed E-state index contributed by atoms with van der Waals surface area (Å²) in [6.07, 6.45) is 13.6. The van der Waals surface area contributed by atoms with Gasteiger partial charge < -0.3 is 0 Å². The summed E-state index contributed by atoms with van der Waals surface area (Å²) in [6, 6.07) is 38.9. The molecule has 4 heteroatoms. The van der Waals surface area contributed by atoms with Crippen molar-refractivity contribution in [1.29, 1.82) is 0 Å². The Labute approximate surface area is 266 Å². The molecular weight excluding hydrogens is 567 g/mol. The monoisotopic (exact) mass is 593 g/mol. The molecule has 0 amide bonds.